The number of esters is 1. The highest BCUT2D eigenvalue weighted by Gasteiger charge is 2.60. The van der Waals surface area contributed by atoms with Gasteiger partial charge in [0.05, 0.1) is 6.10 Å². The predicted octanol–water partition coefficient (Wildman–Crippen LogP) is 4.49. The summed E-state index contributed by atoms with van der Waals surface area (Å²) in [5, 5.41) is 10.2. The second-order valence-electron chi connectivity index (χ2n) is 10.6. The van der Waals surface area contributed by atoms with Crippen LogP contribution in [0.15, 0.2) is 11.6 Å². The molecule has 0 spiro atoms. The van der Waals surface area contributed by atoms with E-state index < -0.39 is 0 Å². The Bertz CT molecular complexity index is 639. The smallest absolute Gasteiger partial charge is 0.331 e. The second kappa shape index (κ2) is 5.83. The standard InChI is InChI=1S/C23H34O3/c1-22-9-7-16(24)12-15(22)3-4-17-19-6-5-18(14-11-21(25)26-13-14)23(19,2)10-8-20(17)22/h11,15-20,24H,3-10,12-13H2,1-2H3/t15-,16-,17-,18+,19-,20-,22-,23+/m0/s1. The Balaban J connectivity index is 1.41. The SMILES string of the molecule is C[C@]12CC[C@H](O)C[C@@H]1CC[C@@H]1[C@@H]2CC[C@]2(C)[C@@H](C3=CC(=O)OC3)CC[C@@H]12. The van der Waals surface area contributed by atoms with Crippen molar-refractivity contribution >= 4 is 5.97 Å². The Morgan fingerprint density at radius 1 is 1.00 bits per heavy atom. The van der Waals surface area contributed by atoms with Gasteiger partial charge >= 0.3 is 5.97 Å². The van der Waals surface area contributed by atoms with Crippen LogP contribution in [-0.2, 0) is 9.53 Å². The van der Waals surface area contributed by atoms with Crippen molar-refractivity contribution in [1.82, 2.24) is 0 Å². The fourth-order valence-electron chi connectivity index (χ4n) is 8.43. The third-order valence-electron chi connectivity index (χ3n) is 9.77. The topological polar surface area (TPSA) is 46.5 Å². The van der Waals surface area contributed by atoms with E-state index in [0.717, 1.165) is 36.5 Å². The van der Waals surface area contributed by atoms with Crippen LogP contribution in [0.1, 0.15) is 71.6 Å². The van der Waals surface area contributed by atoms with Crippen LogP contribution in [0.5, 0.6) is 0 Å². The summed E-state index contributed by atoms with van der Waals surface area (Å²) in [6.45, 7) is 5.62. The Hall–Kier alpha value is -0.830. The molecule has 0 radical (unpaired) electrons. The summed E-state index contributed by atoms with van der Waals surface area (Å²) >= 11 is 0. The van der Waals surface area contributed by atoms with Gasteiger partial charge in [-0.05, 0) is 104 Å². The Kier molecular flexibility index (Phi) is 3.88. The zero-order valence-electron chi connectivity index (χ0n) is 16.4. The van der Waals surface area contributed by atoms with Gasteiger partial charge in [0.15, 0.2) is 0 Å². The molecule has 0 amide bonds. The molecule has 3 nitrogen and oxygen atoms in total. The first-order valence-corrected chi connectivity index (χ1v) is 11.0. The first-order valence-electron chi connectivity index (χ1n) is 11.0. The number of fused-ring (bicyclic) bond motifs is 5. The first kappa shape index (κ1) is 17.3. The van der Waals surface area contributed by atoms with E-state index >= 15 is 0 Å². The first-order chi connectivity index (χ1) is 12.4. The number of ether oxygens (including phenoxy) is 1. The van der Waals surface area contributed by atoms with Gasteiger partial charge in [0.2, 0.25) is 0 Å². The fraction of sp³-hybridized carbons (Fsp3) is 0.870. The van der Waals surface area contributed by atoms with Crippen LogP contribution in [0.2, 0.25) is 0 Å². The molecular weight excluding hydrogens is 324 g/mol. The molecule has 0 saturated heterocycles. The van der Waals surface area contributed by atoms with Gasteiger partial charge in [0.25, 0.3) is 0 Å². The number of carbonyl (C=O) groups is 1. The molecule has 0 aromatic carbocycles. The van der Waals surface area contributed by atoms with E-state index in [1.807, 2.05) is 0 Å². The minimum atomic E-state index is -0.130. The second-order valence-corrected chi connectivity index (χ2v) is 10.6. The zero-order valence-corrected chi connectivity index (χ0v) is 16.4. The molecule has 8 atom stereocenters. The van der Waals surface area contributed by atoms with Crippen molar-refractivity contribution in [3.8, 4) is 0 Å². The molecular formula is C23H34O3. The van der Waals surface area contributed by atoms with E-state index in [-0.39, 0.29) is 12.1 Å². The highest BCUT2D eigenvalue weighted by Crippen LogP contribution is 2.68. The molecule has 5 rings (SSSR count). The molecule has 144 valence electrons. The lowest BCUT2D eigenvalue weighted by Crippen LogP contribution is -2.54. The average Bonchev–Trinajstić information content (AvgIpc) is 3.18. The molecule has 26 heavy (non-hydrogen) atoms. The molecule has 5 aliphatic rings. The number of cyclic esters (lactones) is 1. The molecule has 0 bridgehead atoms. The molecule has 4 saturated carbocycles. The van der Waals surface area contributed by atoms with E-state index in [0.29, 0.717) is 23.4 Å². The van der Waals surface area contributed by atoms with Gasteiger partial charge in [-0.3, -0.25) is 0 Å². The van der Waals surface area contributed by atoms with E-state index in [4.69, 9.17) is 4.74 Å². The van der Waals surface area contributed by atoms with Crippen molar-refractivity contribution in [1.29, 1.82) is 0 Å². The zero-order chi connectivity index (χ0) is 18.1. The van der Waals surface area contributed by atoms with Gasteiger partial charge in [0.1, 0.15) is 6.61 Å². The minimum absolute atomic E-state index is 0.0545. The molecule has 4 aliphatic carbocycles. The van der Waals surface area contributed by atoms with Crippen LogP contribution in [0, 0.1) is 40.4 Å². The summed E-state index contributed by atoms with van der Waals surface area (Å²) in [5.41, 5.74) is 2.09. The van der Waals surface area contributed by atoms with Crippen LogP contribution in [0.25, 0.3) is 0 Å². The van der Waals surface area contributed by atoms with Crippen molar-refractivity contribution in [3.63, 3.8) is 0 Å². The third kappa shape index (κ3) is 2.31. The van der Waals surface area contributed by atoms with Crippen molar-refractivity contribution in [2.75, 3.05) is 6.61 Å². The monoisotopic (exact) mass is 358 g/mol. The van der Waals surface area contributed by atoms with Gasteiger partial charge in [-0.25, -0.2) is 4.79 Å². The number of aliphatic hydroxyl groups excluding tert-OH is 1. The largest absolute Gasteiger partial charge is 0.458 e. The van der Waals surface area contributed by atoms with Gasteiger partial charge in [-0.1, -0.05) is 13.8 Å². The number of hydrogen-bond donors (Lipinski definition) is 1. The normalized spacial score (nSPS) is 53.3. The molecule has 0 unspecified atom stereocenters. The fourth-order valence-corrected chi connectivity index (χ4v) is 8.43. The Morgan fingerprint density at radius 2 is 1.77 bits per heavy atom. The predicted molar refractivity (Wildman–Crippen MR) is 100 cm³/mol. The van der Waals surface area contributed by atoms with Gasteiger partial charge in [0, 0.05) is 6.08 Å². The summed E-state index contributed by atoms with van der Waals surface area (Å²) in [6.07, 6.45) is 12.9. The maximum Gasteiger partial charge on any atom is 0.331 e. The number of hydrogen-bond acceptors (Lipinski definition) is 3. The van der Waals surface area contributed by atoms with Crippen LogP contribution < -0.4 is 0 Å². The van der Waals surface area contributed by atoms with E-state index in [1.54, 1.807) is 6.08 Å². The minimum Gasteiger partial charge on any atom is -0.458 e. The number of rotatable bonds is 1. The quantitative estimate of drug-likeness (QED) is 0.703. The van der Waals surface area contributed by atoms with Crippen LogP contribution >= 0.6 is 0 Å². The maximum atomic E-state index is 11.6. The van der Waals surface area contributed by atoms with Gasteiger partial charge in [-0.15, -0.1) is 0 Å². The van der Waals surface area contributed by atoms with Gasteiger partial charge < -0.3 is 9.84 Å². The van der Waals surface area contributed by atoms with E-state index in [2.05, 4.69) is 13.8 Å². The highest BCUT2D eigenvalue weighted by atomic mass is 16.5. The molecule has 1 heterocycles. The lowest BCUT2D eigenvalue weighted by atomic mass is 9.44. The molecule has 0 aromatic rings. The maximum absolute atomic E-state index is 11.6. The summed E-state index contributed by atoms with van der Waals surface area (Å²) in [5.74, 6) is 3.67. The Morgan fingerprint density at radius 3 is 2.54 bits per heavy atom. The summed E-state index contributed by atoms with van der Waals surface area (Å²) in [6, 6.07) is 0. The molecule has 3 heteroatoms. The average molecular weight is 359 g/mol. The Labute approximate surface area is 157 Å². The molecule has 1 aliphatic heterocycles. The van der Waals surface area contributed by atoms with Crippen LogP contribution in [-0.4, -0.2) is 23.8 Å². The summed E-state index contributed by atoms with van der Waals surface area (Å²) < 4.78 is 5.25. The molecule has 4 fully saturated rings. The summed E-state index contributed by atoms with van der Waals surface area (Å²) in [4.78, 5) is 11.6. The lowest BCUT2D eigenvalue weighted by Gasteiger charge is -2.61. The third-order valence-corrected chi connectivity index (χ3v) is 9.77. The van der Waals surface area contributed by atoms with Crippen molar-refractivity contribution in [3.05, 3.63) is 11.6 Å². The van der Waals surface area contributed by atoms with E-state index in [1.165, 1.54) is 50.5 Å². The van der Waals surface area contributed by atoms with Crippen LogP contribution in [0.3, 0.4) is 0 Å². The van der Waals surface area contributed by atoms with Crippen molar-refractivity contribution < 1.29 is 14.6 Å². The molecule has 1 N–H and O–H groups in total. The summed E-state index contributed by atoms with van der Waals surface area (Å²) in [7, 11) is 0. The highest BCUT2D eigenvalue weighted by molar-refractivity contribution is 5.85. The van der Waals surface area contributed by atoms with E-state index in [9.17, 15) is 9.90 Å². The van der Waals surface area contributed by atoms with Gasteiger partial charge in [-0.2, -0.15) is 0 Å². The van der Waals surface area contributed by atoms with Crippen LogP contribution in [0.4, 0.5) is 0 Å². The van der Waals surface area contributed by atoms with Crippen molar-refractivity contribution in [2.24, 2.45) is 40.4 Å². The number of carbonyl (C=O) groups excluding carboxylic acids is 1. The lowest BCUT2D eigenvalue weighted by molar-refractivity contribution is -0.135. The molecule has 0 aromatic heterocycles. The van der Waals surface area contributed by atoms with Crippen molar-refractivity contribution in [2.45, 2.75) is 77.7 Å². The number of aliphatic hydroxyl groups is 1.